The van der Waals surface area contributed by atoms with Crippen molar-refractivity contribution in [2.24, 2.45) is 11.1 Å². The summed E-state index contributed by atoms with van der Waals surface area (Å²) in [5.41, 5.74) is 4.74. The van der Waals surface area contributed by atoms with Crippen LogP contribution in [0.25, 0.3) is 0 Å². The van der Waals surface area contributed by atoms with Gasteiger partial charge in [-0.1, -0.05) is 25.4 Å². The molecule has 0 saturated heterocycles. The first kappa shape index (κ1) is 22.7. The molecule has 0 spiro atoms. The molecule has 0 bridgehead atoms. The molecule has 29 heavy (non-hydrogen) atoms. The molecule has 0 aliphatic carbocycles. The maximum absolute atomic E-state index is 12.2. The fourth-order valence-corrected chi connectivity index (χ4v) is 3.31. The van der Waals surface area contributed by atoms with Crippen molar-refractivity contribution in [2.75, 3.05) is 6.61 Å². The maximum atomic E-state index is 12.2. The zero-order valence-electron chi connectivity index (χ0n) is 15.9. The quantitative estimate of drug-likeness (QED) is 0.571. The van der Waals surface area contributed by atoms with Gasteiger partial charge in [-0.3, -0.25) is 20.4 Å². The van der Waals surface area contributed by atoms with Crippen LogP contribution in [0.4, 0.5) is 0 Å². The average Bonchev–Trinajstić information content (AvgIpc) is 2.65. The summed E-state index contributed by atoms with van der Waals surface area (Å²) in [6.07, 6.45) is 0.923. The highest BCUT2D eigenvalue weighted by Gasteiger charge is 2.17. The fourth-order valence-electron chi connectivity index (χ4n) is 2.24. The van der Waals surface area contributed by atoms with Crippen LogP contribution in [-0.2, 0) is 10.0 Å². The van der Waals surface area contributed by atoms with E-state index in [0.29, 0.717) is 23.8 Å². The van der Waals surface area contributed by atoms with Crippen molar-refractivity contribution in [1.82, 2.24) is 10.9 Å². The second kappa shape index (κ2) is 9.73. The number of nitrogens with one attached hydrogen (secondary N) is 2. The summed E-state index contributed by atoms with van der Waals surface area (Å²) < 4.78 is 28.6. The van der Waals surface area contributed by atoms with Gasteiger partial charge in [-0.05, 0) is 54.8 Å². The summed E-state index contributed by atoms with van der Waals surface area (Å²) in [5.74, 6) is -0.102. The smallest absolute Gasteiger partial charge is 0.269 e. The van der Waals surface area contributed by atoms with Crippen molar-refractivity contribution in [3.63, 3.8) is 0 Å². The van der Waals surface area contributed by atoms with E-state index in [-0.39, 0.29) is 15.5 Å². The largest absolute Gasteiger partial charge is 0.494 e. The minimum Gasteiger partial charge on any atom is -0.494 e. The molecule has 0 aromatic heterocycles. The van der Waals surface area contributed by atoms with Gasteiger partial charge in [0.1, 0.15) is 10.6 Å². The van der Waals surface area contributed by atoms with E-state index in [9.17, 15) is 18.0 Å². The topological polar surface area (TPSA) is 128 Å². The molecule has 0 radical (unpaired) electrons. The summed E-state index contributed by atoms with van der Waals surface area (Å²) in [7, 11) is -4.09. The number of carbonyl (C=O) groups excluding carboxylic acids is 2. The van der Waals surface area contributed by atoms with E-state index in [1.54, 1.807) is 24.3 Å². The molecular formula is C19H22ClN3O5S. The van der Waals surface area contributed by atoms with Gasteiger partial charge in [-0.2, -0.15) is 0 Å². The van der Waals surface area contributed by atoms with Gasteiger partial charge in [0.15, 0.2) is 0 Å². The molecule has 0 saturated carbocycles. The number of carbonyl (C=O) groups is 2. The summed E-state index contributed by atoms with van der Waals surface area (Å²) >= 11 is 5.78. The average molecular weight is 440 g/mol. The van der Waals surface area contributed by atoms with Crippen LogP contribution in [0.3, 0.4) is 0 Å². The lowest BCUT2D eigenvalue weighted by Gasteiger charge is -2.10. The zero-order chi connectivity index (χ0) is 21.6. The predicted octanol–water partition coefficient (Wildman–Crippen LogP) is 2.49. The van der Waals surface area contributed by atoms with Crippen molar-refractivity contribution in [2.45, 2.75) is 25.2 Å². The third-order valence-electron chi connectivity index (χ3n) is 3.87. The van der Waals surface area contributed by atoms with Gasteiger partial charge >= 0.3 is 0 Å². The van der Waals surface area contributed by atoms with Gasteiger partial charge in [0.2, 0.25) is 10.0 Å². The Morgan fingerprint density at radius 2 is 1.59 bits per heavy atom. The molecule has 4 N–H and O–H groups in total. The Balaban J connectivity index is 1.96. The number of benzene rings is 2. The third-order valence-corrected chi connectivity index (χ3v) is 5.26. The molecule has 0 atom stereocenters. The Morgan fingerprint density at radius 3 is 2.14 bits per heavy atom. The van der Waals surface area contributed by atoms with E-state index in [4.69, 9.17) is 21.5 Å². The molecule has 0 fully saturated rings. The summed E-state index contributed by atoms with van der Waals surface area (Å²) in [6.45, 7) is 4.79. The van der Waals surface area contributed by atoms with Crippen LogP contribution < -0.4 is 20.7 Å². The van der Waals surface area contributed by atoms with Crippen LogP contribution >= 0.6 is 11.6 Å². The minimum absolute atomic E-state index is 0.0346. The van der Waals surface area contributed by atoms with E-state index in [1.807, 2.05) is 0 Å². The Hall–Kier alpha value is -2.62. The predicted molar refractivity (Wildman–Crippen MR) is 109 cm³/mol. The number of rotatable bonds is 7. The van der Waals surface area contributed by atoms with Gasteiger partial charge in [0, 0.05) is 11.1 Å². The standard InChI is InChI=1S/C19H22ClN3O5S/c1-12(2)9-10-28-15-6-3-13(4-7-15)18(24)22-23-19(25)14-5-8-16(20)17(11-14)29(21,26)27/h3-8,11-12H,9-10H2,1-2H3,(H,22,24)(H,23,25)(H2,21,26,27). The first-order chi connectivity index (χ1) is 13.6. The summed E-state index contributed by atoms with van der Waals surface area (Å²) in [4.78, 5) is 24.0. The number of sulfonamides is 1. The van der Waals surface area contributed by atoms with E-state index in [0.717, 1.165) is 12.5 Å². The first-order valence-corrected chi connectivity index (χ1v) is 10.7. The highest BCUT2D eigenvalue weighted by Crippen LogP contribution is 2.21. The van der Waals surface area contributed by atoms with Crippen molar-refractivity contribution in [3.8, 4) is 5.75 Å². The molecule has 0 aliphatic rings. The van der Waals surface area contributed by atoms with Gasteiger partial charge in [0.25, 0.3) is 11.8 Å². The van der Waals surface area contributed by atoms with Crippen LogP contribution in [0, 0.1) is 5.92 Å². The molecule has 2 aromatic rings. The third kappa shape index (κ3) is 6.74. The molecule has 0 unspecified atom stereocenters. The molecule has 2 amide bonds. The van der Waals surface area contributed by atoms with E-state index >= 15 is 0 Å². The number of ether oxygens (including phenoxy) is 1. The number of primary sulfonamides is 1. The molecular weight excluding hydrogens is 418 g/mol. The molecule has 2 aromatic carbocycles. The van der Waals surface area contributed by atoms with E-state index < -0.39 is 21.8 Å². The second-order valence-electron chi connectivity index (χ2n) is 6.65. The van der Waals surface area contributed by atoms with Crippen molar-refractivity contribution >= 4 is 33.4 Å². The van der Waals surface area contributed by atoms with Crippen LogP contribution in [0.1, 0.15) is 41.0 Å². The molecule has 0 heterocycles. The van der Waals surface area contributed by atoms with E-state index in [1.165, 1.54) is 12.1 Å². The Bertz CT molecular complexity index is 991. The van der Waals surface area contributed by atoms with Crippen LogP contribution in [0.15, 0.2) is 47.4 Å². The SMILES string of the molecule is CC(C)CCOc1ccc(C(=O)NNC(=O)c2ccc(Cl)c(S(N)(=O)=O)c2)cc1. The van der Waals surface area contributed by atoms with Gasteiger partial charge in [-0.15, -0.1) is 0 Å². The monoisotopic (exact) mass is 439 g/mol. The lowest BCUT2D eigenvalue weighted by Crippen LogP contribution is -2.41. The molecule has 10 heteroatoms. The summed E-state index contributed by atoms with van der Waals surface area (Å²) in [6, 6.07) is 10.0. The van der Waals surface area contributed by atoms with Crippen molar-refractivity contribution in [1.29, 1.82) is 0 Å². The highest BCUT2D eigenvalue weighted by molar-refractivity contribution is 7.89. The molecule has 156 valence electrons. The normalized spacial score (nSPS) is 11.2. The number of amides is 2. The zero-order valence-corrected chi connectivity index (χ0v) is 17.5. The van der Waals surface area contributed by atoms with Crippen molar-refractivity contribution in [3.05, 3.63) is 58.6 Å². The molecule has 0 aliphatic heterocycles. The Labute approximate surface area is 174 Å². The number of halogens is 1. The molecule has 2 rings (SSSR count). The van der Waals surface area contributed by atoms with Crippen LogP contribution in [0.2, 0.25) is 5.02 Å². The van der Waals surface area contributed by atoms with Crippen LogP contribution in [-0.4, -0.2) is 26.8 Å². The number of hydrogen-bond donors (Lipinski definition) is 3. The van der Waals surface area contributed by atoms with Gasteiger partial charge in [0.05, 0.1) is 11.6 Å². The minimum atomic E-state index is -4.09. The molecule has 8 nitrogen and oxygen atoms in total. The van der Waals surface area contributed by atoms with Gasteiger partial charge < -0.3 is 4.74 Å². The van der Waals surface area contributed by atoms with Crippen LogP contribution in [0.5, 0.6) is 5.75 Å². The maximum Gasteiger partial charge on any atom is 0.269 e. The summed E-state index contributed by atoms with van der Waals surface area (Å²) in [5, 5.41) is 4.95. The first-order valence-electron chi connectivity index (χ1n) is 8.74. The Morgan fingerprint density at radius 1 is 1.03 bits per heavy atom. The lowest BCUT2D eigenvalue weighted by atomic mass is 10.1. The Kier molecular flexibility index (Phi) is 7.60. The number of hydrazine groups is 1. The fraction of sp³-hybridized carbons (Fsp3) is 0.263. The lowest BCUT2D eigenvalue weighted by molar-refractivity contribution is 0.0846. The van der Waals surface area contributed by atoms with Gasteiger partial charge in [-0.25, -0.2) is 13.6 Å². The van der Waals surface area contributed by atoms with E-state index in [2.05, 4.69) is 24.7 Å². The number of hydrogen-bond acceptors (Lipinski definition) is 5. The highest BCUT2D eigenvalue weighted by atomic mass is 35.5. The second-order valence-corrected chi connectivity index (χ2v) is 8.59. The van der Waals surface area contributed by atoms with Crippen molar-refractivity contribution < 1.29 is 22.7 Å². The number of nitrogens with two attached hydrogens (primary N) is 1.